The Balaban J connectivity index is 1.17. The smallest absolute Gasteiger partial charge is 0.160 e. The minimum absolute atomic E-state index is 0.672. The second kappa shape index (κ2) is 14.4. The molecule has 0 fully saturated rings. The Morgan fingerprint density at radius 1 is 0.268 bits per heavy atom. The summed E-state index contributed by atoms with van der Waals surface area (Å²) in [5.74, 6) is 0.672. The monoisotopic (exact) mass is 713 g/mol. The van der Waals surface area contributed by atoms with Crippen LogP contribution in [0.2, 0.25) is 0 Å². The second-order valence-electron chi connectivity index (χ2n) is 14.0. The number of aromatic nitrogens is 3. The van der Waals surface area contributed by atoms with E-state index in [1.807, 2.05) is 18.3 Å². The van der Waals surface area contributed by atoms with E-state index in [0.717, 1.165) is 50.3 Å². The van der Waals surface area contributed by atoms with Crippen molar-refractivity contribution in [3.05, 3.63) is 213 Å². The Bertz CT molecular complexity index is 2850. The molecule has 262 valence electrons. The first-order valence-corrected chi connectivity index (χ1v) is 18.9. The summed E-state index contributed by atoms with van der Waals surface area (Å²) in [6.07, 6.45) is 3.70. The first-order valence-electron chi connectivity index (χ1n) is 18.9. The molecule has 0 unspecified atom stereocenters. The molecule has 0 saturated heterocycles. The van der Waals surface area contributed by atoms with E-state index < -0.39 is 0 Å². The Kier molecular flexibility index (Phi) is 8.51. The molecule has 0 aliphatic heterocycles. The summed E-state index contributed by atoms with van der Waals surface area (Å²) >= 11 is 0. The fraction of sp³-hybridized carbons (Fsp3) is 0. The van der Waals surface area contributed by atoms with Gasteiger partial charge in [-0.1, -0.05) is 170 Å². The zero-order valence-corrected chi connectivity index (χ0v) is 30.5. The van der Waals surface area contributed by atoms with Gasteiger partial charge >= 0.3 is 0 Å². The van der Waals surface area contributed by atoms with Crippen molar-refractivity contribution in [2.75, 3.05) is 0 Å². The molecular weight excluding hydrogens is 679 g/mol. The van der Waals surface area contributed by atoms with Gasteiger partial charge in [-0.3, -0.25) is 4.98 Å². The van der Waals surface area contributed by atoms with Crippen LogP contribution in [0.5, 0.6) is 0 Å². The summed E-state index contributed by atoms with van der Waals surface area (Å²) < 4.78 is 0. The number of pyridine rings is 1. The highest BCUT2D eigenvalue weighted by molar-refractivity contribution is 6.21. The van der Waals surface area contributed by atoms with Crippen LogP contribution in [0, 0.1) is 0 Å². The first-order chi connectivity index (χ1) is 27.8. The number of benzene rings is 8. The Morgan fingerprint density at radius 2 is 0.679 bits per heavy atom. The molecule has 0 aliphatic rings. The Hall–Kier alpha value is -7.49. The standard InChI is InChI=1S/C53H35N3/c1-3-15-36(16-4-1)38-19-11-21-40(31-38)49-34-50(41-22-12-20-39(32-41)44-25-14-30-54-35-44)56-53(55-49)43-24-13-23-42(33-43)52-47-28-9-7-26-45(47)51(37-17-5-2-6-18-37)46-27-8-10-29-48(46)52/h1-35H. The van der Waals surface area contributed by atoms with Crippen LogP contribution in [0.15, 0.2) is 213 Å². The van der Waals surface area contributed by atoms with Gasteiger partial charge in [-0.05, 0) is 90.8 Å². The summed E-state index contributed by atoms with van der Waals surface area (Å²) in [6.45, 7) is 0. The third-order valence-corrected chi connectivity index (χ3v) is 10.5. The number of hydrogen-bond donors (Lipinski definition) is 0. The highest BCUT2D eigenvalue weighted by Crippen LogP contribution is 2.44. The van der Waals surface area contributed by atoms with E-state index in [4.69, 9.17) is 9.97 Å². The van der Waals surface area contributed by atoms with Gasteiger partial charge in [-0.2, -0.15) is 0 Å². The third kappa shape index (κ3) is 6.21. The fourth-order valence-electron chi connectivity index (χ4n) is 7.92. The minimum atomic E-state index is 0.672. The molecule has 0 spiro atoms. The van der Waals surface area contributed by atoms with Gasteiger partial charge in [0.15, 0.2) is 5.82 Å². The topological polar surface area (TPSA) is 38.7 Å². The van der Waals surface area contributed by atoms with E-state index in [1.54, 1.807) is 6.20 Å². The van der Waals surface area contributed by atoms with E-state index in [2.05, 4.69) is 193 Å². The van der Waals surface area contributed by atoms with Crippen LogP contribution < -0.4 is 0 Å². The zero-order chi connectivity index (χ0) is 37.3. The average Bonchev–Trinajstić information content (AvgIpc) is 3.29. The van der Waals surface area contributed by atoms with E-state index in [9.17, 15) is 0 Å². The lowest BCUT2D eigenvalue weighted by molar-refractivity contribution is 1.18. The molecule has 0 saturated carbocycles. The van der Waals surface area contributed by atoms with Crippen LogP contribution in [-0.4, -0.2) is 15.0 Å². The number of nitrogens with zero attached hydrogens (tertiary/aromatic N) is 3. The largest absolute Gasteiger partial charge is 0.264 e. The van der Waals surface area contributed by atoms with Gasteiger partial charge in [0.05, 0.1) is 11.4 Å². The summed E-state index contributed by atoms with van der Waals surface area (Å²) in [7, 11) is 0. The second-order valence-corrected chi connectivity index (χ2v) is 14.0. The molecule has 0 bridgehead atoms. The van der Waals surface area contributed by atoms with Gasteiger partial charge in [-0.25, -0.2) is 9.97 Å². The molecule has 56 heavy (non-hydrogen) atoms. The van der Waals surface area contributed by atoms with E-state index in [-0.39, 0.29) is 0 Å². The SMILES string of the molecule is c1ccc(-c2cccc(-c3cc(-c4cccc(-c5cccnc5)c4)nc(-c4cccc(-c5c6ccccc6c(-c6ccccc6)c6ccccc56)c4)n3)c2)cc1. The number of hydrogen-bond acceptors (Lipinski definition) is 3. The molecule has 0 aliphatic carbocycles. The Labute approximate surface area is 326 Å². The molecule has 3 nitrogen and oxygen atoms in total. The molecule has 0 radical (unpaired) electrons. The van der Waals surface area contributed by atoms with Crippen molar-refractivity contribution in [2.45, 2.75) is 0 Å². The molecule has 3 heteroatoms. The zero-order valence-electron chi connectivity index (χ0n) is 30.5. The van der Waals surface area contributed by atoms with Crippen molar-refractivity contribution in [2.24, 2.45) is 0 Å². The maximum Gasteiger partial charge on any atom is 0.160 e. The van der Waals surface area contributed by atoms with Crippen LogP contribution in [0.3, 0.4) is 0 Å². The number of rotatable bonds is 7. The van der Waals surface area contributed by atoms with Crippen LogP contribution in [-0.2, 0) is 0 Å². The summed E-state index contributed by atoms with van der Waals surface area (Å²) in [5, 5.41) is 4.88. The summed E-state index contributed by atoms with van der Waals surface area (Å²) in [4.78, 5) is 15.0. The predicted octanol–water partition coefficient (Wildman–Crippen LogP) is 13.8. The molecule has 2 aromatic heterocycles. The molecule has 0 N–H and O–H groups in total. The van der Waals surface area contributed by atoms with Crippen molar-refractivity contribution >= 4 is 21.5 Å². The summed E-state index contributed by atoms with van der Waals surface area (Å²) in [5.41, 5.74) is 14.0. The lowest BCUT2D eigenvalue weighted by atomic mass is 9.85. The normalized spacial score (nSPS) is 11.2. The number of fused-ring (bicyclic) bond motifs is 2. The maximum absolute atomic E-state index is 5.31. The molecule has 8 aromatic carbocycles. The van der Waals surface area contributed by atoms with E-state index >= 15 is 0 Å². The van der Waals surface area contributed by atoms with Crippen LogP contribution in [0.25, 0.3) is 100.0 Å². The molecule has 10 rings (SSSR count). The quantitative estimate of drug-likeness (QED) is 0.154. The molecule has 10 aromatic rings. The lowest BCUT2D eigenvalue weighted by Gasteiger charge is -2.18. The van der Waals surface area contributed by atoms with Gasteiger partial charge in [0.1, 0.15) is 0 Å². The minimum Gasteiger partial charge on any atom is -0.264 e. The van der Waals surface area contributed by atoms with Gasteiger partial charge in [0.25, 0.3) is 0 Å². The molecule has 2 heterocycles. The van der Waals surface area contributed by atoms with E-state index in [0.29, 0.717) is 5.82 Å². The first kappa shape index (κ1) is 33.1. The van der Waals surface area contributed by atoms with Crippen molar-refractivity contribution in [1.29, 1.82) is 0 Å². The fourth-order valence-corrected chi connectivity index (χ4v) is 7.92. The van der Waals surface area contributed by atoms with Crippen molar-refractivity contribution in [3.63, 3.8) is 0 Å². The van der Waals surface area contributed by atoms with Gasteiger partial charge in [-0.15, -0.1) is 0 Å². The molecular formula is C53H35N3. The molecule has 0 atom stereocenters. The van der Waals surface area contributed by atoms with Gasteiger partial charge < -0.3 is 0 Å². The predicted molar refractivity (Wildman–Crippen MR) is 233 cm³/mol. The highest BCUT2D eigenvalue weighted by Gasteiger charge is 2.18. The van der Waals surface area contributed by atoms with Gasteiger partial charge in [0, 0.05) is 34.6 Å². The van der Waals surface area contributed by atoms with Crippen LogP contribution in [0.1, 0.15) is 0 Å². The maximum atomic E-state index is 5.31. The van der Waals surface area contributed by atoms with E-state index in [1.165, 1.54) is 43.8 Å². The van der Waals surface area contributed by atoms with Crippen LogP contribution >= 0.6 is 0 Å². The Morgan fingerprint density at radius 3 is 1.23 bits per heavy atom. The highest BCUT2D eigenvalue weighted by atomic mass is 14.9. The third-order valence-electron chi connectivity index (χ3n) is 10.5. The molecule has 0 amide bonds. The van der Waals surface area contributed by atoms with Crippen molar-refractivity contribution in [3.8, 4) is 78.4 Å². The van der Waals surface area contributed by atoms with Gasteiger partial charge in [0.2, 0.25) is 0 Å². The summed E-state index contributed by atoms with van der Waals surface area (Å²) in [6, 6.07) is 70.8. The van der Waals surface area contributed by atoms with Crippen LogP contribution in [0.4, 0.5) is 0 Å². The van der Waals surface area contributed by atoms with Crippen molar-refractivity contribution in [1.82, 2.24) is 15.0 Å². The average molecular weight is 714 g/mol. The van der Waals surface area contributed by atoms with Crippen molar-refractivity contribution < 1.29 is 0 Å². The lowest BCUT2D eigenvalue weighted by Crippen LogP contribution is -1.97.